The number of rotatable bonds is 6. The second-order valence-electron chi connectivity index (χ2n) is 7.31. The number of hydrogen-bond donors (Lipinski definition) is 2. The zero-order valence-corrected chi connectivity index (χ0v) is 17.2. The molecule has 0 aliphatic carbocycles. The van der Waals surface area contributed by atoms with Crippen molar-refractivity contribution in [3.63, 3.8) is 0 Å². The van der Waals surface area contributed by atoms with Gasteiger partial charge < -0.3 is 10.1 Å². The summed E-state index contributed by atoms with van der Waals surface area (Å²) in [6.07, 6.45) is 1.88. The van der Waals surface area contributed by atoms with Gasteiger partial charge in [-0.3, -0.25) is 5.10 Å². The van der Waals surface area contributed by atoms with Gasteiger partial charge in [-0.15, -0.1) is 0 Å². The molecule has 2 N–H and O–H groups in total. The maximum absolute atomic E-state index is 5.27. The lowest BCUT2D eigenvalue weighted by molar-refractivity contribution is 0.415. The molecule has 5 nitrogen and oxygen atoms in total. The average molecular weight is 406 g/mol. The summed E-state index contributed by atoms with van der Waals surface area (Å²) in [5, 5.41) is 12.1. The summed E-state index contributed by atoms with van der Waals surface area (Å²) < 4.78 is 5.27. The van der Waals surface area contributed by atoms with Crippen LogP contribution in [-0.2, 0) is 6.54 Å². The zero-order valence-electron chi connectivity index (χ0n) is 17.2. The maximum Gasteiger partial charge on any atom is 0.181 e. The smallest absolute Gasteiger partial charge is 0.181 e. The molecule has 5 heteroatoms. The molecule has 0 spiro atoms. The third-order valence-electron chi connectivity index (χ3n) is 5.35. The van der Waals surface area contributed by atoms with Crippen LogP contribution < -0.4 is 10.1 Å². The fourth-order valence-electron chi connectivity index (χ4n) is 3.71. The van der Waals surface area contributed by atoms with Gasteiger partial charge in [0.25, 0.3) is 0 Å². The Hall–Kier alpha value is -4.12. The Kier molecular flexibility index (Phi) is 5.07. The molecule has 152 valence electrons. The molecule has 0 unspecified atom stereocenters. The first-order valence-electron chi connectivity index (χ1n) is 10.2. The van der Waals surface area contributed by atoms with Crippen LogP contribution in [0.15, 0.2) is 91.1 Å². The molecule has 3 aromatic carbocycles. The third kappa shape index (κ3) is 3.85. The van der Waals surface area contributed by atoms with Crippen LogP contribution in [-0.4, -0.2) is 22.3 Å². The lowest BCUT2D eigenvalue weighted by atomic mass is 10.0. The van der Waals surface area contributed by atoms with Gasteiger partial charge in [0.15, 0.2) is 5.65 Å². The Balaban J connectivity index is 1.51. The summed E-state index contributed by atoms with van der Waals surface area (Å²) in [5.74, 6) is 0.824. The molecule has 0 aliphatic heterocycles. The first-order chi connectivity index (χ1) is 15.3. The molecular formula is C26H22N4O. The fourth-order valence-corrected chi connectivity index (χ4v) is 3.71. The van der Waals surface area contributed by atoms with Gasteiger partial charge in [-0.05, 0) is 42.0 Å². The van der Waals surface area contributed by atoms with Crippen molar-refractivity contribution in [3.8, 4) is 28.1 Å². The highest BCUT2D eigenvalue weighted by molar-refractivity contribution is 5.94. The fraction of sp³-hybridized carbons (Fsp3) is 0.0769. The number of para-hydroxylation sites is 1. The van der Waals surface area contributed by atoms with Gasteiger partial charge in [0, 0.05) is 40.5 Å². The molecule has 31 heavy (non-hydrogen) atoms. The predicted octanol–water partition coefficient (Wildman–Crippen LogP) is 5.91. The van der Waals surface area contributed by atoms with Crippen LogP contribution in [0.1, 0.15) is 5.56 Å². The topological polar surface area (TPSA) is 62.8 Å². The van der Waals surface area contributed by atoms with Crippen LogP contribution in [0.25, 0.3) is 33.4 Å². The Morgan fingerprint density at radius 3 is 2.45 bits per heavy atom. The Labute approximate surface area is 180 Å². The Morgan fingerprint density at radius 1 is 0.871 bits per heavy atom. The number of H-pyrrole nitrogens is 1. The van der Waals surface area contributed by atoms with Crippen molar-refractivity contribution >= 4 is 16.7 Å². The van der Waals surface area contributed by atoms with Gasteiger partial charge in [0.2, 0.25) is 0 Å². The van der Waals surface area contributed by atoms with Crippen molar-refractivity contribution in [2.24, 2.45) is 0 Å². The molecule has 0 bridgehead atoms. The van der Waals surface area contributed by atoms with Gasteiger partial charge in [-0.1, -0.05) is 48.5 Å². The van der Waals surface area contributed by atoms with E-state index in [9.17, 15) is 0 Å². The van der Waals surface area contributed by atoms with Crippen LogP contribution in [0.5, 0.6) is 5.75 Å². The monoisotopic (exact) mass is 406 g/mol. The normalized spacial score (nSPS) is 10.9. The number of pyridine rings is 1. The molecule has 5 aromatic rings. The summed E-state index contributed by atoms with van der Waals surface area (Å²) in [7, 11) is 1.67. The summed E-state index contributed by atoms with van der Waals surface area (Å²) in [6.45, 7) is 0.760. The van der Waals surface area contributed by atoms with Crippen LogP contribution in [0.4, 0.5) is 5.69 Å². The van der Waals surface area contributed by atoms with Crippen molar-refractivity contribution < 1.29 is 4.74 Å². The SMILES string of the molecule is COc1ccc(-c2[nH]nc3ncc(-c4ccccc4NCc4ccccc4)cc23)cc1. The molecular weight excluding hydrogens is 384 g/mol. The number of aromatic amines is 1. The third-order valence-corrected chi connectivity index (χ3v) is 5.35. The second kappa shape index (κ2) is 8.32. The molecule has 2 heterocycles. The van der Waals surface area contributed by atoms with Gasteiger partial charge in [-0.25, -0.2) is 4.98 Å². The summed E-state index contributed by atoms with van der Waals surface area (Å²) in [4.78, 5) is 4.60. The summed E-state index contributed by atoms with van der Waals surface area (Å²) >= 11 is 0. The molecule has 0 fully saturated rings. The van der Waals surface area contributed by atoms with Gasteiger partial charge in [0.1, 0.15) is 5.75 Å². The van der Waals surface area contributed by atoms with E-state index in [0.29, 0.717) is 5.65 Å². The van der Waals surface area contributed by atoms with Gasteiger partial charge in [0.05, 0.1) is 12.8 Å². The van der Waals surface area contributed by atoms with Crippen molar-refractivity contribution in [3.05, 3.63) is 96.7 Å². The Morgan fingerprint density at radius 2 is 1.65 bits per heavy atom. The highest BCUT2D eigenvalue weighted by atomic mass is 16.5. The number of anilines is 1. The molecule has 5 rings (SSSR count). The highest BCUT2D eigenvalue weighted by Crippen LogP contribution is 2.33. The van der Waals surface area contributed by atoms with E-state index < -0.39 is 0 Å². The van der Waals surface area contributed by atoms with Gasteiger partial charge in [-0.2, -0.15) is 5.10 Å². The zero-order chi connectivity index (χ0) is 21.0. The van der Waals surface area contributed by atoms with Crippen molar-refractivity contribution in [1.82, 2.24) is 15.2 Å². The van der Waals surface area contributed by atoms with Crippen LogP contribution >= 0.6 is 0 Å². The first kappa shape index (κ1) is 18.9. The van der Waals surface area contributed by atoms with Gasteiger partial charge >= 0.3 is 0 Å². The molecule has 0 saturated carbocycles. The maximum atomic E-state index is 5.27. The molecule has 0 radical (unpaired) electrons. The highest BCUT2D eigenvalue weighted by Gasteiger charge is 2.12. The van der Waals surface area contributed by atoms with Crippen molar-refractivity contribution in [1.29, 1.82) is 0 Å². The number of nitrogens with zero attached hydrogens (tertiary/aromatic N) is 2. The van der Waals surface area contributed by atoms with E-state index in [2.05, 4.69) is 63.0 Å². The number of benzene rings is 3. The minimum atomic E-state index is 0.698. The molecule has 0 amide bonds. The number of hydrogen-bond acceptors (Lipinski definition) is 4. The van der Waals surface area contributed by atoms with E-state index in [1.54, 1.807) is 7.11 Å². The predicted molar refractivity (Wildman–Crippen MR) is 125 cm³/mol. The minimum absolute atomic E-state index is 0.698. The van der Waals surface area contributed by atoms with Crippen LogP contribution in [0.3, 0.4) is 0 Å². The number of fused-ring (bicyclic) bond motifs is 1. The second-order valence-corrected chi connectivity index (χ2v) is 7.31. The van der Waals surface area contributed by atoms with Crippen molar-refractivity contribution in [2.75, 3.05) is 12.4 Å². The van der Waals surface area contributed by atoms with E-state index in [0.717, 1.165) is 45.8 Å². The Bertz CT molecular complexity index is 1310. The van der Waals surface area contributed by atoms with Crippen LogP contribution in [0, 0.1) is 0 Å². The summed E-state index contributed by atoms with van der Waals surface area (Å²) in [6, 6.07) is 28.8. The van der Waals surface area contributed by atoms with E-state index in [-0.39, 0.29) is 0 Å². The largest absolute Gasteiger partial charge is 0.497 e. The standard InChI is InChI=1S/C26H22N4O/c1-31-21-13-11-19(12-14-21)25-23-15-20(17-28-26(23)30-29-25)22-9-5-6-10-24(22)27-16-18-7-3-2-4-8-18/h2-15,17,27H,16H2,1H3,(H,28,29,30). The minimum Gasteiger partial charge on any atom is -0.497 e. The van der Waals surface area contributed by atoms with Crippen molar-refractivity contribution in [2.45, 2.75) is 6.54 Å². The first-order valence-corrected chi connectivity index (χ1v) is 10.2. The number of methoxy groups -OCH3 is 1. The lowest BCUT2D eigenvalue weighted by Crippen LogP contribution is -2.00. The van der Waals surface area contributed by atoms with E-state index >= 15 is 0 Å². The molecule has 2 aromatic heterocycles. The quantitative estimate of drug-likeness (QED) is 0.368. The van der Waals surface area contributed by atoms with E-state index in [1.807, 2.05) is 48.7 Å². The van der Waals surface area contributed by atoms with E-state index in [4.69, 9.17) is 4.74 Å². The molecule has 0 saturated heterocycles. The molecule has 0 aliphatic rings. The number of aromatic nitrogens is 3. The van der Waals surface area contributed by atoms with Crippen LogP contribution in [0.2, 0.25) is 0 Å². The lowest BCUT2D eigenvalue weighted by Gasteiger charge is -2.12. The average Bonchev–Trinajstić information content (AvgIpc) is 3.27. The number of nitrogens with one attached hydrogen (secondary N) is 2. The number of ether oxygens (including phenoxy) is 1. The summed E-state index contributed by atoms with van der Waals surface area (Å²) in [5.41, 5.74) is 7.14. The van der Waals surface area contributed by atoms with E-state index in [1.165, 1.54) is 5.56 Å². The molecule has 0 atom stereocenters.